The maximum absolute atomic E-state index is 13.7. The van der Waals surface area contributed by atoms with Gasteiger partial charge in [-0.05, 0) is 12.5 Å². The summed E-state index contributed by atoms with van der Waals surface area (Å²) in [7, 11) is 0. The lowest BCUT2D eigenvalue weighted by atomic mass is 10.2. The Hall–Kier alpha value is -0.250. The number of rotatable bonds is 2. The van der Waals surface area contributed by atoms with E-state index in [1.54, 1.807) is 30.0 Å². The van der Waals surface area contributed by atoms with Gasteiger partial charge < -0.3 is 0 Å². The van der Waals surface area contributed by atoms with Crippen LogP contribution in [0.2, 0.25) is 5.02 Å². The lowest BCUT2D eigenvalue weighted by Gasteiger charge is -2.13. The lowest BCUT2D eigenvalue weighted by Crippen LogP contribution is -2.25. The normalized spacial score (nSPS) is 25.8. The Balaban J connectivity index is 2.20. The molecule has 2 rings (SSSR count). The zero-order valence-corrected chi connectivity index (χ0v) is 10.0. The van der Waals surface area contributed by atoms with Crippen LogP contribution in [0, 0.1) is 5.82 Å². The first kappa shape index (κ1) is 11.2. The highest BCUT2D eigenvalue weighted by molar-refractivity contribution is 7.99. The van der Waals surface area contributed by atoms with Gasteiger partial charge in [0.15, 0.2) is 0 Å². The molecule has 2 atom stereocenters. The Kier molecular flexibility index (Phi) is 3.54. The molecule has 4 heteroatoms. The van der Waals surface area contributed by atoms with Gasteiger partial charge in [0.1, 0.15) is 5.82 Å². The van der Waals surface area contributed by atoms with Gasteiger partial charge in [0.05, 0.1) is 10.4 Å². The minimum absolute atomic E-state index is 0.0497. The topological polar surface area (TPSA) is 12.0 Å². The molecule has 1 heterocycles. The number of hydrogen-bond acceptors (Lipinski definition) is 2. The van der Waals surface area contributed by atoms with Crippen molar-refractivity contribution in [3.63, 3.8) is 0 Å². The van der Waals surface area contributed by atoms with Crippen LogP contribution < -0.4 is 5.32 Å². The van der Waals surface area contributed by atoms with Crippen LogP contribution in [-0.4, -0.2) is 11.8 Å². The first-order valence-corrected chi connectivity index (χ1v) is 6.46. The Morgan fingerprint density at radius 3 is 3.07 bits per heavy atom. The van der Waals surface area contributed by atoms with Crippen molar-refractivity contribution >= 4 is 23.4 Å². The monoisotopic (exact) mass is 245 g/mol. The van der Waals surface area contributed by atoms with Crippen LogP contribution in [0.15, 0.2) is 18.2 Å². The molecule has 0 saturated carbocycles. The highest BCUT2D eigenvalue weighted by Crippen LogP contribution is 2.36. The molecule has 82 valence electrons. The highest BCUT2D eigenvalue weighted by atomic mass is 35.5. The smallest absolute Gasteiger partial charge is 0.147 e. The molecule has 1 nitrogen and oxygen atoms in total. The van der Waals surface area contributed by atoms with Crippen molar-refractivity contribution in [1.29, 1.82) is 0 Å². The van der Waals surface area contributed by atoms with Crippen LogP contribution in [0.1, 0.15) is 24.3 Å². The Bertz CT molecular complexity index is 358. The summed E-state index contributed by atoms with van der Waals surface area (Å²) in [5.74, 6) is 0.744. The van der Waals surface area contributed by atoms with Crippen LogP contribution in [0.3, 0.4) is 0 Å². The quantitative estimate of drug-likeness (QED) is 0.855. The van der Waals surface area contributed by atoms with E-state index in [0.29, 0.717) is 11.6 Å². The second-order valence-corrected chi connectivity index (χ2v) is 5.17. The number of halogens is 2. The second kappa shape index (κ2) is 4.73. The summed E-state index contributed by atoms with van der Waals surface area (Å²) in [6.45, 7) is 2.13. The number of nitrogens with one attached hydrogen (secondary N) is 1. The second-order valence-electron chi connectivity index (χ2n) is 3.63. The van der Waals surface area contributed by atoms with Gasteiger partial charge in [-0.1, -0.05) is 30.7 Å². The van der Waals surface area contributed by atoms with Gasteiger partial charge in [0.2, 0.25) is 0 Å². The molecule has 1 aromatic carbocycles. The van der Waals surface area contributed by atoms with Crippen LogP contribution in [0.25, 0.3) is 0 Å². The van der Waals surface area contributed by atoms with Crippen molar-refractivity contribution < 1.29 is 4.39 Å². The molecule has 1 aliphatic heterocycles. The molecule has 1 saturated heterocycles. The maximum Gasteiger partial charge on any atom is 0.147 e. The molecule has 1 N–H and O–H groups in total. The first-order valence-electron chi connectivity index (χ1n) is 5.04. The van der Waals surface area contributed by atoms with E-state index in [-0.39, 0.29) is 16.2 Å². The SMILES string of the molecule is CCC1CSC(c2cccc(Cl)c2F)N1. The molecule has 0 amide bonds. The van der Waals surface area contributed by atoms with Gasteiger partial charge in [0.25, 0.3) is 0 Å². The number of thioether (sulfide) groups is 1. The van der Waals surface area contributed by atoms with Gasteiger partial charge in [-0.25, -0.2) is 4.39 Å². The van der Waals surface area contributed by atoms with Gasteiger partial charge >= 0.3 is 0 Å². The molecule has 0 radical (unpaired) electrons. The van der Waals surface area contributed by atoms with Crippen molar-refractivity contribution in [1.82, 2.24) is 5.32 Å². The molecule has 15 heavy (non-hydrogen) atoms. The molecular weight excluding hydrogens is 233 g/mol. The first-order chi connectivity index (χ1) is 7.22. The molecule has 0 aliphatic carbocycles. The average molecular weight is 246 g/mol. The van der Waals surface area contributed by atoms with Gasteiger partial charge in [-0.2, -0.15) is 0 Å². The van der Waals surface area contributed by atoms with E-state index in [1.807, 2.05) is 0 Å². The summed E-state index contributed by atoms with van der Waals surface area (Å²) in [5, 5.41) is 3.64. The Morgan fingerprint density at radius 1 is 1.60 bits per heavy atom. The summed E-state index contributed by atoms with van der Waals surface area (Å²) in [6.07, 6.45) is 1.08. The fourth-order valence-corrected chi connectivity index (χ4v) is 3.25. The van der Waals surface area contributed by atoms with Crippen molar-refractivity contribution in [2.45, 2.75) is 24.8 Å². The molecule has 0 spiro atoms. The fourth-order valence-electron chi connectivity index (χ4n) is 1.66. The van der Waals surface area contributed by atoms with Crippen LogP contribution in [0.5, 0.6) is 0 Å². The summed E-state index contributed by atoms with van der Waals surface area (Å²) in [5.41, 5.74) is 0.670. The zero-order valence-electron chi connectivity index (χ0n) is 8.47. The van der Waals surface area contributed by atoms with Crippen LogP contribution in [0.4, 0.5) is 4.39 Å². The van der Waals surface area contributed by atoms with E-state index >= 15 is 0 Å². The summed E-state index contributed by atoms with van der Waals surface area (Å²) < 4.78 is 13.7. The van der Waals surface area contributed by atoms with Gasteiger partial charge in [-0.15, -0.1) is 11.8 Å². The summed E-state index contributed by atoms with van der Waals surface area (Å²) in [4.78, 5) is 0. The molecular formula is C11H13ClFNS. The molecule has 0 bridgehead atoms. The predicted octanol–water partition coefficient (Wildman–Crippen LogP) is 3.59. The van der Waals surface area contributed by atoms with Crippen molar-refractivity contribution in [2.75, 3.05) is 5.75 Å². The van der Waals surface area contributed by atoms with Crippen molar-refractivity contribution in [3.05, 3.63) is 34.6 Å². The summed E-state index contributed by atoms with van der Waals surface area (Å²) in [6, 6.07) is 5.65. The predicted molar refractivity (Wildman–Crippen MR) is 63.8 cm³/mol. The minimum Gasteiger partial charge on any atom is -0.298 e. The largest absolute Gasteiger partial charge is 0.298 e. The van der Waals surface area contributed by atoms with Crippen molar-refractivity contribution in [3.8, 4) is 0 Å². The van der Waals surface area contributed by atoms with Crippen LogP contribution >= 0.6 is 23.4 Å². The third-order valence-corrected chi connectivity index (χ3v) is 4.22. The standard InChI is InChI=1S/C11H13ClFNS/c1-2-7-6-15-11(14-7)8-4-3-5-9(12)10(8)13/h3-5,7,11,14H,2,6H2,1H3. The Morgan fingerprint density at radius 2 is 2.40 bits per heavy atom. The third kappa shape index (κ3) is 2.30. The van der Waals surface area contributed by atoms with E-state index in [9.17, 15) is 4.39 Å². The molecule has 2 unspecified atom stereocenters. The maximum atomic E-state index is 13.7. The molecule has 1 aromatic rings. The lowest BCUT2D eigenvalue weighted by molar-refractivity contribution is 0.538. The Labute approximate surface area is 98.4 Å². The third-order valence-electron chi connectivity index (χ3n) is 2.61. The highest BCUT2D eigenvalue weighted by Gasteiger charge is 2.26. The van der Waals surface area contributed by atoms with Gasteiger partial charge in [-0.3, -0.25) is 5.32 Å². The molecule has 0 aromatic heterocycles. The molecule has 1 aliphatic rings. The van der Waals surface area contributed by atoms with E-state index in [0.717, 1.165) is 12.2 Å². The minimum atomic E-state index is -0.291. The summed E-state index contributed by atoms with van der Waals surface area (Å²) >= 11 is 7.49. The number of hydrogen-bond donors (Lipinski definition) is 1. The van der Waals surface area contributed by atoms with E-state index in [4.69, 9.17) is 11.6 Å². The van der Waals surface area contributed by atoms with E-state index in [2.05, 4.69) is 12.2 Å². The fraction of sp³-hybridized carbons (Fsp3) is 0.455. The average Bonchev–Trinajstić information content (AvgIpc) is 2.70. The molecule has 1 fully saturated rings. The van der Waals surface area contributed by atoms with Gasteiger partial charge in [0, 0.05) is 17.4 Å². The van der Waals surface area contributed by atoms with E-state index < -0.39 is 0 Å². The zero-order chi connectivity index (χ0) is 10.8. The number of benzene rings is 1. The van der Waals surface area contributed by atoms with E-state index in [1.165, 1.54) is 0 Å². The van der Waals surface area contributed by atoms with Crippen molar-refractivity contribution in [2.24, 2.45) is 0 Å². The van der Waals surface area contributed by atoms with Crippen LogP contribution in [-0.2, 0) is 0 Å².